The Morgan fingerprint density at radius 1 is 1.27 bits per heavy atom. The molecule has 2 N–H and O–H groups in total. The molecule has 26 heavy (non-hydrogen) atoms. The average molecular weight is 398 g/mol. The third-order valence-corrected chi connectivity index (χ3v) is 5.15. The molecular formula is C16H16ClN3O5S. The van der Waals surface area contributed by atoms with Crippen LogP contribution in [0.1, 0.15) is 6.42 Å². The number of nitrogens with two attached hydrogens (primary N) is 1. The van der Waals surface area contributed by atoms with Gasteiger partial charge in [0.15, 0.2) is 0 Å². The molecule has 1 heterocycles. The second kappa shape index (κ2) is 7.10. The van der Waals surface area contributed by atoms with Crippen molar-refractivity contribution in [3.8, 4) is 5.75 Å². The van der Waals surface area contributed by atoms with Crippen LogP contribution < -0.4 is 14.8 Å². The van der Waals surface area contributed by atoms with E-state index in [1.54, 1.807) is 24.3 Å². The Morgan fingerprint density at radius 3 is 2.69 bits per heavy atom. The summed E-state index contributed by atoms with van der Waals surface area (Å²) in [6, 6.07) is 10.6. The zero-order valence-corrected chi connectivity index (χ0v) is 15.1. The summed E-state index contributed by atoms with van der Waals surface area (Å²) in [6.07, 6.45) is 0.533. The first-order valence-electron chi connectivity index (χ1n) is 7.72. The first-order chi connectivity index (χ1) is 12.2. The van der Waals surface area contributed by atoms with Crippen LogP contribution in [0, 0.1) is 10.1 Å². The van der Waals surface area contributed by atoms with Crippen molar-refractivity contribution in [2.75, 3.05) is 18.0 Å². The molecule has 3 rings (SSSR count). The predicted molar refractivity (Wildman–Crippen MR) is 97.2 cm³/mol. The van der Waals surface area contributed by atoms with Crippen LogP contribution in [0.3, 0.4) is 0 Å². The molecule has 0 aliphatic carbocycles. The van der Waals surface area contributed by atoms with Gasteiger partial charge in [-0.05, 0) is 24.3 Å². The number of nitro benzene ring substituents is 1. The van der Waals surface area contributed by atoms with Crippen LogP contribution >= 0.6 is 11.6 Å². The number of primary sulfonamides is 1. The van der Waals surface area contributed by atoms with E-state index in [2.05, 4.69) is 0 Å². The smallest absolute Gasteiger partial charge is 0.272 e. The molecule has 1 aliphatic rings. The van der Waals surface area contributed by atoms with Crippen molar-refractivity contribution in [2.45, 2.75) is 17.4 Å². The number of nitrogens with zero attached hydrogens (tertiary/aromatic N) is 2. The molecule has 0 bridgehead atoms. The quantitative estimate of drug-likeness (QED) is 0.612. The summed E-state index contributed by atoms with van der Waals surface area (Å²) in [5.41, 5.74) is 0.0890. The van der Waals surface area contributed by atoms with E-state index in [9.17, 15) is 18.5 Å². The van der Waals surface area contributed by atoms with Gasteiger partial charge < -0.3 is 9.64 Å². The zero-order chi connectivity index (χ0) is 18.9. The lowest BCUT2D eigenvalue weighted by Crippen LogP contribution is -2.25. The Morgan fingerprint density at radius 2 is 2.04 bits per heavy atom. The molecule has 1 unspecified atom stereocenters. The number of benzene rings is 2. The molecule has 1 atom stereocenters. The number of hydrogen-bond donors (Lipinski definition) is 1. The molecule has 1 fully saturated rings. The van der Waals surface area contributed by atoms with E-state index in [0.29, 0.717) is 36.0 Å². The van der Waals surface area contributed by atoms with Gasteiger partial charge in [-0.2, -0.15) is 0 Å². The van der Waals surface area contributed by atoms with E-state index < -0.39 is 14.9 Å². The second-order valence-electron chi connectivity index (χ2n) is 5.92. The number of ether oxygens (including phenoxy) is 1. The highest BCUT2D eigenvalue weighted by atomic mass is 35.5. The van der Waals surface area contributed by atoms with Crippen LogP contribution in [0.25, 0.3) is 0 Å². The summed E-state index contributed by atoms with van der Waals surface area (Å²) in [4.78, 5) is 12.0. The van der Waals surface area contributed by atoms with E-state index in [1.807, 2.05) is 4.90 Å². The summed E-state index contributed by atoms with van der Waals surface area (Å²) in [5.74, 6) is 0.633. The first kappa shape index (κ1) is 18.4. The Kier molecular flexibility index (Phi) is 5.03. The molecule has 138 valence electrons. The van der Waals surface area contributed by atoms with Crippen LogP contribution in [0.4, 0.5) is 11.4 Å². The zero-order valence-electron chi connectivity index (χ0n) is 13.5. The fourth-order valence-corrected chi connectivity index (χ4v) is 3.56. The number of non-ortho nitro benzene ring substituents is 1. The maximum absolute atomic E-state index is 11.6. The fraction of sp³-hybridized carbons (Fsp3) is 0.250. The lowest BCUT2D eigenvalue weighted by Gasteiger charge is -2.19. The topological polar surface area (TPSA) is 116 Å². The second-order valence-corrected chi connectivity index (χ2v) is 7.92. The Bertz CT molecular complexity index is 951. The Hall–Kier alpha value is -2.36. The third-order valence-electron chi connectivity index (χ3n) is 4.02. The summed E-state index contributed by atoms with van der Waals surface area (Å²) in [7, 11) is -4.05. The summed E-state index contributed by atoms with van der Waals surface area (Å²) in [5, 5.41) is 16.8. The minimum atomic E-state index is -4.05. The molecule has 10 heteroatoms. The maximum atomic E-state index is 11.6. The van der Waals surface area contributed by atoms with Gasteiger partial charge in [0, 0.05) is 35.8 Å². The highest BCUT2D eigenvalue weighted by Crippen LogP contribution is 2.30. The van der Waals surface area contributed by atoms with Crippen molar-refractivity contribution in [3.05, 3.63) is 57.6 Å². The van der Waals surface area contributed by atoms with Crippen molar-refractivity contribution in [3.63, 3.8) is 0 Å². The van der Waals surface area contributed by atoms with Gasteiger partial charge in [0.1, 0.15) is 11.9 Å². The van der Waals surface area contributed by atoms with Crippen molar-refractivity contribution in [1.82, 2.24) is 0 Å². The molecule has 0 aromatic heterocycles. The van der Waals surface area contributed by atoms with E-state index in [0.717, 1.165) is 6.07 Å². The number of anilines is 1. The van der Waals surface area contributed by atoms with Crippen LogP contribution in [0.2, 0.25) is 5.02 Å². The van der Waals surface area contributed by atoms with Gasteiger partial charge in [-0.3, -0.25) is 10.1 Å². The summed E-state index contributed by atoms with van der Waals surface area (Å²) in [6.45, 7) is 1.02. The number of hydrogen-bond acceptors (Lipinski definition) is 6. The molecule has 2 aromatic carbocycles. The van der Waals surface area contributed by atoms with Crippen molar-refractivity contribution < 1.29 is 18.1 Å². The van der Waals surface area contributed by atoms with Gasteiger partial charge in [-0.15, -0.1) is 0 Å². The molecule has 0 saturated carbocycles. The van der Waals surface area contributed by atoms with Gasteiger partial charge in [-0.1, -0.05) is 17.7 Å². The van der Waals surface area contributed by atoms with E-state index in [1.165, 1.54) is 12.1 Å². The molecule has 2 aromatic rings. The Balaban J connectivity index is 1.81. The van der Waals surface area contributed by atoms with Crippen LogP contribution in [0.5, 0.6) is 5.75 Å². The van der Waals surface area contributed by atoms with Gasteiger partial charge in [0.25, 0.3) is 5.69 Å². The van der Waals surface area contributed by atoms with E-state index >= 15 is 0 Å². The molecule has 0 spiro atoms. The minimum absolute atomic E-state index is 0.148. The molecule has 1 saturated heterocycles. The Labute approximate surface area is 155 Å². The normalized spacial score (nSPS) is 17.3. The third kappa shape index (κ3) is 4.24. The number of sulfonamides is 1. The maximum Gasteiger partial charge on any atom is 0.272 e. The van der Waals surface area contributed by atoms with E-state index in [4.69, 9.17) is 21.5 Å². The van der Waals surface area contributed by atoms with Crippen molar-refractivity contribution in [1.29, 1.82) is 0 Å². The molecule has 8 nitrogen and oxygen atoms in total. The highest BCUT2D eigenvalue weighted by molar-refractivity contribution is 7.89. The largest absolute Gasteiger partial charge is 0.488 e. The monoisotopic (exact) mass is 397 g/mol. The summed E-state index contributed by atoms with van der Waals surface area (Å²) >= 11 is 5.94. The first-order valence-corrected chi connectivity index (χ1v) is 9.64. The van der Waals surface area contributed by atoms with Gasteiger partial charge in [0.2, 0.25) is 10.0 Å². The van der Waals surface area contributed by atoms with E-state index in [-0.39, 0.29) is 16.7 Å². The molecular weight excluding hydrogens is 382 g/mol. The van der Waals surface area contributed by atoms with Gasteiger partial charge >= 0.3 is 0 Å². The van der Waals surface area contributed by atoms with Gasteiger partial charge in [-0.25, -0.2) is 13.6 Å². The standard InChI is InChI=1S/C16H16ClN3O5S/c17-11-2-1-3-14(6-11)25-15-4-5-19(10-15)12-7-13(20(21)22)9-16(8-12)26(18,23)24/h1-3,6-9,15H,4-5,10H2,(H2,18,23,24). The fourth-order valence-electron chi connectivity index (χ4n) is 2.81. The number of nitro groups is 1. The summed E-state index contributed by atoms with van der Waals surface area (Å²) < 4.78 is 29.1. The molecule has 1 aliphatic heterocycles. The molecule has 0 radical (unpaired) electrons. The lowest BCUT2D eigenvalue weighted by molar-refractivity contribution is -0.385. The van der Waals surface area contributed by atoms with Gasteiger partial charge in [0.05, 0.1) is 16.4 Å². The predicted octanol–water partition coefficient (Wildman–Crippen LogP) is 2.55. The number of rotatable bonds is 5. The van der Waals surface area contributed by atoms with Crippen molar-refractivity contribution in [2.24, 2.45) is 5.14 Å². The minimum Gasteiger partial charge on any atom is -0.488 e. The highest BCUT2D eigenvalue weighted by Gasteiger charge is 2.27. The lowest BCUT2D eigenvalue weighted by atomic mass is 10.2. The average Bonchev–Trinajstić information content (AvgIpc) is 3.02. The van der Waals surface area contributed by atoms with Crippen LogP contribution in [0.15, 0.2) is 47.4 Å². The van der Waals surface area contributed by atoms with Crippen LogP contribution in [-0.2, 0) is 10.0 Å². The van der Waals surface area contributed by atoms with Crippen molar-refractivity contribution >= 4 is 33.0 Å². The molecule has 0 amide bonds. The number of halogens is 1. The van der Waals surface area contributed by atoms with Crippen LogP contribution in [-0.4, -0.2) is 32.5 Å². The SMILES string of the molecule is NS(=O)(=O)c1cc(N2CCC(Oc3cccc(Cl)c3)C2)cc([N+](=O)[O-])c1.